The van der Waals surface area contributed by atoms with Crippen LogP contribution in [0.15, 0.2) is 59.8 Å². The summed E-state index contributed by atoms with van der Waals surface area (Å²) >= 11 is 0. The molecule has 0 spiro atoms. The lowest BCUT2D eigenvalue weighted by Gasteiger charge is -2.01. The van der Waals surface area contributed by atoms with E-state index >= 15 is 0 Å². The quantitative estimate of drug-likeness (QED) is 0.457. The summed E-state index contributed by atoms with van der Waals surface area (Å²) in [6.07, 6.45) is 5.24. The van der Waals surface area contributed by atoms with Crippen molar-refractivity contribution in [1.82, 2.24) is 0 Å². The molecule has 19 heavy (non-hydrogen) atoms. The molecule has 1 aromatic carbocycles. The predicted octanol–water partition coefficient (Wildman–Crippen LogP) is 2.89. The van der Waals surface area contributed by atoms with Crippen molar-refractivity contribution >= 4 is 15.8 Å². The van der Waals surface area contributed by atoms with Crippen LogP contribution in [0.2, 0.25) is 0 Å². The van der Waals surface area contributed by atoms with E-state index in [0.717, 1.165) is 23.8 Å². The van der Waals surface area contributed by atoms with Gasteiger partial charge in [-0.3, -0.25) is 4.28 Å². The molecule has 5 heteroatoms. The van der Waals surface area contributed by atoms with E-state index in [0.29, 0.717) is 5.71 Å². The van der Waals surface area contributed by atoms with Crippen LogP contribution in [0, 0.1) is 0 Å². The molecular formula is C14H17NO3S. The van der Waals surface area contributed by atoms with Crippen molar-refractivity contribution in [3.8, 4) is 0 Å². The molecule has 0 unspecified atom stereocenters. The first-order valence-corrected chi connectivity index (χ1v) is 7.62. The van der Waals surface area contributed by atoms with Gasteiger partial charge in [-0.2, -0.15) is 8.42 Å². The molecule has 0 aliphatic heterocycles. The van der Waals surface area contributed by atoms with Crippen LogP contribution >= 0.6 is 0 Å². The summed E-state index contributed by atoms with van der Waals surface area (Å²) in [5.74, 6) is 0. The zero-order chi connectivity index (χ0) is 14.3. The molecule has 1 aromatic rings. The third-order valence-electron chi connectivity index (χ3n) is 2.27. The lowest BCUT2D eigenvalue weighted by Crippen LogP contribution is -2.03. The van der Waals surface area contributed by atoms with Crippen molar-refractivity contribution in [2.75, 3.05) is 6.26 Å². The van der Waals surface area contributed by atoms with Gasteiger partial charge in [0.05, 0.1) is 6.26 Å². The van der Waals surface area contributed by atoms with Crippen LogP contribution in [0.5, 0.6) is 0 Å². The van der Waals surface area contributed by atoms with Crippen molar-refractivity contribution in [3.63, 3.8) is 0 Å². The van der Waals surface area contributed by atoms with Crippen LogP contribution in [0.4, 0.5) is 0 Å². The van der Waals surface area contributed by atoms with Crippen molar-refractivity contribution < 1.29 is 12.7 Å². The normalized spacial score (nSPS) is 12.6. The van der Waals surface area contributed by atoms with Gasteiger partial charge in [-0.25, -0.2) is 0 Å². The standard InChI is InChI=1S/C14H17NO3S/c1-4-12(2)10-11-14(15-18-19(3,16)17)13-8-6-5-7-9-13/h5-11H,2,4H2,1,3H3. The molecule has 0 aliphatic rings. The van der Waals surface area contributed by atoms with Crippen LogP contribution in [0.1, 0.15) is 18.9 Å². The summed E-state index contributed by atoms with van der Waals surface area (Å²) in [7, 11) is -3.62. The van der Waals surface area contributed by atoms with Crippen LogP contribution < -0.4 is 0 Å². The summed E-state index contributed by atoms with van der Waals surface area (Å²) in [6, 6.07) is 9.20. The van der Waals surface area contributed by atoms with Gasteiger partial charge in [0.2, 0.25) is 0 Å². The van der Waals surface area contributed by atoms with Crippen LogP contribution in [-0.2, 0) is 14.4 Å². The largest absolute Gasteiger partial charge is 0.325 e. The van der Waals surface area contributed by atoms with Crippen LogP contribution in [0.25, 0.3) is 0 Å². The number of nitrogens with zero attached hydrogens (tertiary/aromatic N) is 1. The summed E-state index contributed by atoms with van der Waals surface area (Å²) in [6.45, 7) is 5.83. The lowest BCUT2D eigenvalue weighted by molar-refractivity contribution is 0.344. The lowest BCUT2D eigenvalue weighted by atomic mass is 10.1. The monoisotopic (exact) mass is 279 g/mol. The van der Waals surface area contributed by atoms with Crippen molar-refractivity contribution in [1.29, 1.82) is 0 Å². The number of hydrogen-bond donors (Lipinski definition) is 0. The van der Waals surface area contributed by atoms with Gasteiger partial charge < -0.3 is 0 Å². The highest BCUT2D eigenvalue weighted by atomic mass is 32.2. The van der Waals surface area contributed by atoms with E-state index in [-0.39, 0.29) is 0 Å². The number of allylic oxidation sites excluding steroid dienone is 3. The molecule has 0 atom stereocenters. The smallest absolute Gasteiger partial charge is 0.268 e. The Bertz CT molecular complexity index is 586. The van der Waals surface area contributed by atoms with E-state index in [2.05, 4.69) is 16.0 Å². The molecule has 102 valence electrons. The molecule has 0 N–H and O–H groups in total. The third kappa shape index (κ3) is 6.01. The Balaban J connectivity index is 3.05. The Hall–Kier alpha value is -1.88. The molecule has 0 bridgehead atoms. The summed E-state index contributed by atoms with van der Waals surface area (Å²) < 4.78 is 26.5. The maximum Gasteiger partial charge on any atom is 0.325 e. The molecule has 0 saturated carbocycles. The first-order valence-electron chi connectivity index (χ1n) is 5.80. The zero-order valence-electron chi connectivity index (χ0n) is 11.0. The maximum atomic E-state index is 11.0. The molecule has 0 amide bonds. The number of hydrogen-bond acceptors (Lipinski definition) is 4. The van der Waals surface area contributed by atoms with Crippen molar-refractivity contribution in [2.45, 2.75) is 13.3 Å². The molecule has 0 fully saturated rings. The first kappa shape index (κ1) is 15.2. The molecule has 0 saturated heterocycles. The van der Waals surface area contributed by atoms with E-state index in [9.17, 15) is 8.42 Å². The second-order valence-electron chi connectivity index (χ2n) is 3.97. The minimum absolute atomic E-state index is 0.431. The average molecular weight is 279 g/mol. The fourth-order valence-corrected chi connectivity index (χ4v) is 1.43. The van der Waals surface area contributed by atoms with Gasteiger partial charge in [0.1, 0.15) is 5.71 Å². The van der Waals surface area contributed by atoms with E-state index in [1.54, 1.807) is 12.2 Å². The number of oxime groups is 1. The topological polar surface area (TPSA) is 55.7 Å². The molecule has 0 aromatic heterocycles. The minimum Gasteiger partial charge on any atom is -0.268 e. The summed E-state index contributed by atoms with van der Waals surface area (Å²) in [4.78, 5) is 0. The van der Waals surface area contributed by atoms with Crippen molar-refractivity contribution in [2.24, 2.45) is 5.16 Å². The Morgan fingerprint density at radius 3 is 2.47 bits per heavy atom. The van der Waals surface area contributed by atoms with E-state index in [4.69, 9.17) is 0 Å². The Kier molecular flexibility index (Phi) is 5.51. The Morgan fingerprint density at radius 2 is 1.95 bits per heavy atom. The van der Waals surface area contributed by atoms with Crippen LogP contribution in [0.3, 0.4) is 0 Å². The van der Waals surface area contributed by atoms with Gasteiger partial charge in [-0.1, -0.05) is 60.6 Å². The molecule has 1 rings (SSSR count). The molecule has 0 aliphatic carbocycles. The number of benzene rings is 1. The third-order valence-corrected chi connectivity index (χ3v) is 2.62. The van der Waals surface area contributed by atoms with Gasteiger partial charge in [-0.15, -0.1) is 0 Å². The summed E-state index contributed by atoms with van der Waals surface area (Å²) in [5.41, 5.74) is 2.12. The van der Waals surface area contributed by atoms with Gasteiger partial charge in [0, 0.05) is 5.56 Å². The number of rotatable bonds is 6. The van der Waals surface area contributed by atoms with Gasteiger partial charge in [-0.05, 0) is 12.5 Å². The van der Waals surface area contributed by atoms with E-state index in [1.165, 1.54) is 0 Å². The molecule has 0 radical (unpaired) electrons. The highest BCUT2D eigenvalue weighted by Gasteiger charge is 2.04. The molecule has 0 heterocycles. The van der Waals surface area contributed by atoms with Crippen LogP contribution in [-0.4, -0.2) is 20.4 Å². The van der Waals surface area contributed by atoms with Gasteiger partial charge >= 0.3 is 10.1 Å². The Labute approximate surface area is 114 Å². The van der Waals surface area contributed by atoms with Gasteiger partial charge in [0.15, 0.2) is 0 Å². The van der Waals surface area contributed by atoms with Gasteiger partial charge in [0.25, 0.3) is 0 Å². The minimum atomic E-state index is -3.62. The maximum absolute atomic E-state index is 11.0. The highest BCUT2D eigenvalue weighted by Crippen LogP contribution is 2.07. The van der Waals surface area contributed by atoms with E-state index < -0.39 is 10.1 Å². The second kappa shape index (κ2) is 6.89. The molecule has 4 nitrogen and oxygen atoms in total. The summed E-state index contributed by atoms with van der Waals surface area (Å²) in [5, 5.41) is 3.67. The van der Waals surface area contributed by atoms with Crippen molar-refractivity contribution in [3.05, 3.63) is 60.2 Å². The van der Waals surface area contributed by atoms with E-state index in [1.807, 2.05) is 37.3 Å². The average Bonchev–Trinajstić information content (AvgIpc) is 2.38. The fraction of sp³-hybridized carbons (Fsp3) is 0.214. The zero-order valence-corrected chi connectivity index (χ0v) is 11.9. The second-order valence-corrected chi connectivity index (χ2v) is 5.52. The SMILES string of the molecule is C=C(C=CC(=NOS(C)(=O)=O)c1ccccc1)CC. The highest BCUT2D eigenvalue weighted by molar-refractivity contribution is 7.85. The molecular weight excluding hydrogens is 262 g/mol. The fourth-order valence-electron chi connectivity index (χ4n) is 1.21. The first-order chi connectivity index (χ1) is 8.92. The Morgan fingerprint density at radius 1 is 1.32 bits per heavy atom. The predicted molar refractivity (Wildman–Crippen MR) is 77.5 cm³/mol.